The van der Waals surface area contributed by atoms with Crippen LogP contribution < -0.4 is 0 Å². The number of aliphatic hydroxyl groups excluding tert-OH is 1. The maximum absolute atomic E-state index is 12.4. The molecule has 0 fully saturated rings. The summed E-state index contributed by atoms with van der Waals surface area (Å²) >= 11 is 0. The number of ether oxygens (including phenoxy) is 2. The van der Waals surface area contributed by atoms with E-state index in [0.29, 0.717) is 25.7 Å². The predicted molar refractivity (Wildman–Crippen MR) is 226 cm³/mol. The Bertz CT molecular complexity index is 1270. The molecule has 0 saturated carbocycles. The van der Waals surface area contributed by atoms with E-state index in [9.17, 15) is 19.3 Å². The molecule has 0 aromatic rings. The van der Waals surface area contributed by atoms with Crippen LogP contribution in [0, 0.1) is 0 Å². The van der Waals surface area contributed by atoms with Crippen molar-refractivity contribution in [2.75, 3.05) is 13.2 Å². The molecule has 0 aliphatic rings. The van der Waals surface area contributed by atoms with Crippen molar-refractivity contribution in [3.05, 3.63) is 109 Å². The summed E-state index contributed by atoms with van der Waals surface area (Å²) < 4.78 is 26.2. The minimum atomic E-state index is -4.80. The number of hydrogen-bond acceptors (Lipinski definition) is 7. The molecular weight excluding hydrogens is 715 g/mol. The average molecular weight is 787 g/mol. The molecule has 55 heavy (non-hydrogen) atoms. The van der Waals surface area contributed by atoms with E-state index in [1.165, 1.54) is 25.7 Å². The molecule has 0 saturated heterocycles. The summed E-state index contributed by atoms with van der Waals surface area (Å²) in [6, 6.07) is 0. The van der Waals surface area contributed by atoms with E-state index >= 15 is 0 Å². The van der Waals surface area contributed by atoms with Crippen LogP contribution in [0.15, 0.2) is 109 Å². The third-order valence-corrected chi connectivity index (χ3v) is 8.35. The normalized spacial score (nSPS) is 14.2. The van der Waals surface area contributed by atoms with Gasteiger partial charge in [-0.15, -0.1) is 0 Å². The fraction of sp³-hybridized carbons (Fsp3) is 0.556. The van der Waals surface area contributed by atoms with Gasteiger partial charge in [-0.1, -0.05) is 149 Å². The number of allylic oxidation sites excluding steroid dienone is 16. The van der Waals surface area contributed by atoms with Gasteiger partial charge in [0.25, 0.3) is 0 Å². The smallest absolute Gasteiger partial charge is 0.462 e. The molecule has 0 aromatic heterocycles. The standard InChI is InChI=1S/C45H71O9P/c1-3-5-7-9-11-12-13-14-15-16-17-18-19-24-27-31-35-39-45(48)54-43(41-53-55(49,50)51)40-52-44(47)38-34-30-26-23-21-20-22-25-29-33-37-42(46)36-32-28-10-8-6-4-2/h6,8,11-12,14-15,17-18,20-21,25-26,28-30,32-33,37,42-43,46H,3-5,7,9-10,13,16,19,22-24,27,31,34-36,38-41H2,1-2H3,(H2,49,50,51)/b8-6-,12-11-,15-14-,18-17-,21-20-,29-25-,30-26-,32-28-,37-33+/t42?,43-/m1/s1. The molecular formula is C45H71O9P. The van der Waals surface area contributed by atoms with Crippen LogP contribution in [-0.2, 0) is 28.2 Å². The maximum atomic E-state index is 12.4. The number of unbranched alkanes of at least 4 members (excludes halogenated alkanes) is 7. The van der Waals surface area contributed by atoms with Crippen LogP contribution in [0.3, 0.4) is 0 Å². The first kappa shape index (κ1) is 51.7. The van der Waals surface area contributed by atoms with Gasteiger partial charge in [-0.25, -0.2) is 4.57 Å². The maximum Gasteiger partial charge on any atom is 0.469 e. The first-order valence-corrected chi connectivity index (χ1v) is 21.8. The van der Waals surface area contributed by atoms with Crippen molar-refractivity contribution >= 4 is 19.8 Å². The Morgan fingerprint density at radius 1 is 0.582 bits per heavy atom. The second-order valence-electron chi connectivity index (χ2n) is 13.1. The van der Waals surface area contributed by atoms with Crippen molar-refractivity contribution in [3.63, 3.8) is 0 Å². The van der Waals surface area contributed by atoms with Gasteiger partial charge in [0.2, 0.25) is 0 Å². The van der Waals surface area contributed by atoms with Crippen LogP contribution in [-0.4, -0.2) is 52.3 Å². The molecule has 1 unspecified atom stereocenters. The van der Waals surface area contributed by atoms with Crippen molar-refractivity contribution in [2.24, 2.45) is 0 Å². The van der Waals surface area contributed by atoms with Crippen LogP contribution in [0.25, 0.3) is 0 Å². The van der Waals surface area contributed by atoms with Crippen molar-refractivity contribution in [1.29, 1.82) is 0 Å². The lowest BCUT2D eigenvalue weighted by atomic mass is 10.1. The highest BCUT2D eigenvalue weighted by molar-refractivity contribution is 7.46. The Morgan fingerprint density at radius 3 is 1.75 bits per heavy atom. The Hall–Kier alpha value is -3.33. The molecule has 0 rings (SSSR count). The van der Waals surface area contributed by atoms with Crippen LogP contribution >= 0.6 is 7.82 Å². The molecule has 0 spiro atoms. The van der Waals surface area contributed by atoms with E-state index in [4.69, 9.17) is 19.3 Å². The number of carbonyl (C=O) groups excluding carboxylic acids is 2. The minimum Gasteiger partial charge on any atom is -0.462 e. The Labute approximate surface area is 332 Å². The zero-order valence-electron chi connectivity index (χ0n) is 33.6. The Balaban J connectivity index is 4.20. The lowest BCUT2D eigenvalue weighted by molar-refractivity contribution is -0.161. The first-order valence-electron chi connectivity index (χ1n) is 20.3. The molecule has 2 atom stereocenters. The highest BCUT2D eigenvalue weighted by Crippen LogP contribution is 2.36. The summed E-state index contributed by atoms with van der Waals surface area (Å²) in [5.41, 5.74) is 0. The van der Waals surface area contributed by atoms with Crippen LogP contribution in [0.1, 0.15) is 136 Å². The zero-order valence-corrected chi connectivity index (χ0v) is 34.5. The average Bonchev–Trinajstić information content (AvgIpc) is 3.15. The van der Waals surface area contributed by atoms with Gasteiger partial charge in [-0.2, -0.15) is 0 Å². The van der Waals surface area contributed by atoms with E-state index < -0.39 is 38.6 Å². The van der Waals surface area contributed by atoms with Crippen LogP contribution in [0.5, 0.6) is 0 Å². The predicted octanol–water partition coefficient (Wildman–Crippen LogP) is 11.4. The zero-order chi connectivity index (χ0) is 40.5. The van der Waals surface area contributed by atoms with Gasteiger partial charge in [-0.05, 0) is 83.5 Å². The molecule has 3 N–H and O–H groups in total. The quantitative estimate of drug-likeness (QED) is 0.0188. The van der Waals surface area contributed by atoms with Crippen LogP contribution in [0.2, 0.25) is 0 Å². The second kappa shape index (κ2) is 38.9. The number of phosphoric ester groups is 1. The molecule has 10 heteroatoms. The number of carbonyl (C=O) groups is 2. The van der Waals surface area contributed by atoms with Crippen molar-refractivity contribution in [1.82, 2.24) is 0 Å². The Kier molecular flexibility index (Phi) is 36.6. The van der Waals surface area contributed by atoms with E-state index in [0.717, 1.165) is 57.8 Å². The number of hydrogen-bond donors (Lipinski definition) is 3. The van der Waals surface area contributed by atoms with Gasteiger partial charge in [0.1, 0.15) is 6.61 Å². The van der Waals surface area contributed by atoms with Gasteiger partial charge < -0.3 is 24.4 Å². The van der Waals surface area contributed by atoms with Gasteiger partial charge in [0.05, 0.1) is 12.7 Å². The molecule has 0 aliphatic heterocycles. The van der Waals surface area contributed by atoms with Crippen molar-refractivity contribution < 1.29 is 43.0 Å². The van der Waals surface area contributed by atoms with Gasteiger partial charge in [-0.3, -0.25) is 14.1 Å². The van der Waals surface area contributed by atoms with E-state index in [-0.39, 0.29) is 19.4 Å². The number of esters is 2. The van der Waals surface area contributed by atoms with Gasteiger partial charge >= 0.3 is 19.8 Å². The molecule has 0 aromatic carbocycles. The molecule has 0 amide bonds. The Morgan fingerprint density at radius 2 is 1.13 bits per heavy atom. The summed E-state index contributed by atoms with van der Waals surface area (Å²) in [6.07, 6.45) is 51.3. The number of aliphatic hydroxyl groups is 1. The van der Waals surface area contributed by atoms with Gasteiger partial charge in [0, 0.05) is 12.8 Å². The molecule has 9 nitrogen and oxygen atoms in total. The van der Waals surface area contributed by atoms with Crippen molar-refractivity contribution in [2.45, 2.75) is 148 Å². The van der Waals surface area contributed by atoms with E-state index in [2.05, 4.69) is 73.1 Å². The first-order chi connectivity index (χ1) is 26.7. The lowest BCUT2D eigenvalue weighted by Crippen LogP contribution is -2.29. The van der Waals surface area contributed by atoms with Crippen molar-refractivity contribution in [3.8, 4) is 0 Å². The second-order valence-corrected chi connectivity index (χ2v) is 14.3. The minimum absolute atomic E-state index is 0.107. The largest absolute Gasteiger partial charge is 0.469 e. The summed E-state index contributed by atoms with van der Waals surface area (Å²) in [6.45, 7) is 3.37. The van der Waals surface area contributed by atoms with Gasteiger partial charge in [0.15, 0.2) is 6.10 Å². The number of phosphoric acid groups is 1. The van der Waals surface area contributed by atoms with E-state index in [1.54, 1.807) is 6.08 Å². The third kappa shape index (κ3) is 41.7. The van der Waals surface area contributed by atoms with Crippen LogP contribution in [0.4, 0.5) is 0 Å². The highest BCUT2D eigenvalue weighted by atomic mass is 31.2. The SMILES string of the molecule is CC/C=C\C/C=C\CC(O)/C=C/C=C\C/C=C\C/C=C\CCC(=O)OC[C@H](COP(=O)(O)O)OC(=O)CCCCCC/C=C\C/C=C\C/C=C\CCCCC. The highest BCUT2D eigenvalue weighted by Gasteiger charge is 2.22. The summed E-state index contributed by atoms with van der Waals surface area (Å²) in [7, 11) is -4.80. The summed E-state index contributed by atoms with van der Waals surface area (Å²) in [5.74, 6) is -1.05. The lowest BCUT2D eigenvalue weighted by Gasteiger charge is -2.18. The summed E-state index contributed by atoms with van der Waals surface area (Å²) in [5, 5.41) is 9.97. The molecule has 0 bridgehead atoms. The monoisotopic (exact) mass is 786 g/mol. The molecule has 0 heterocycles. The molecule has 0 aliphatic carbocycles. The fourth-order valence-electron chi connectivity index (χ4n) is 4.84. The summed E-state index contributed by atoms with van der Waals surface area (Å²) in [4.78, 5) is 42.8. The topological polar surface area (TPSA) is 140 Å². The number of rotatable bonds is 35. The third-order valence-electron chi connectivity index (χ3n) is 7.87. The molecule has 310 valence electrons. The fourth-order valence-corrected chi connectivity index (χ4v) is 5.20. The van der Waals surface area contributed by atoms with E-state index in [1.807, 2.05) is 48.6 Å². The molecule has 0 radical (unpaired) electrons.